The summed E-state index contributed by atoms with van der Waals surface area (Å²) in [4.78, 5) is 86.9. The Bertz CT molecular complexity index is 4080. The number of azo groups is 2. The number of aromatic nitrogens is 5. The van der Waals surface area contributed by atoms with E-state index in [0.717, 1.165) is 84.7 Å². The van der Waals surface area contributed by atoms with Crippen LogP contribution in [0.2, 0.25) is 0 Å². The zero-order valence-electron chi connectivity index (χ0n) is 53.4. The molecule has 32 heteroatoms. The number of nitrogens with one attached hydrogen (secondary N) is 4. The third-order valence-corrected chi connectivity index (χ3v) is 19.4. The molecule has 500 valence electrons. The number of thioether (sulfide) groups is 1. The average molecular weight is 1390 g/mol. The molecule has 0 spiro atoms. The number of piperidine rings is 2. The van der Waals surface area contributed by atoms with E-state index < -0.39 is 53.4 Å². The van der Waals surface area contributed by atoms with Gasteiger partial charge in [-0.2, -0.15) is 41.8 Å². The Labute approximate surface area is 563 Å². The fourth-order valence-electron chi connectivity index (χ4n) is 10.4. The van der Waals surface area contributed by atoms with Crippen LogP contribution in [0.5, 0.6) is 0 Å². The van der Waals surface area contributed by atoms with Gasteiger partial charge in [0.05, 0.1) is 42.1 Å². The lowest BCUT2D eigenvalue weighted by atomic mass is 10.1. The van der Waals surface area contributed by atoms with E-state index in [1.165, 1.54) is 74.2 Å². The summed E-state index contributed by atoms with van der Waals surface area (Å²) in [5, 5.41) is 31.7. The Kier molecular flexibility index (Phi) is 23.7. The summed E-state index contributed by atoms with van der Waals surface area (Å²) in [5.41, 5.74) is 3.18. The Morgan fingerprint density at radius 1 is 0.547 bits per heavy atom. The van der Waals surface area contributed by atoms with Crippen LogP contribution in [0.3, 0.4) is 0 Å². The van der Waals surface area contributed by atoms with Crippen molar-refractivity contribution < 1.29 is 45.1 Å². The van der Waals surface area contributed by atoms with Crippen molar-refractivity contribution in [2.24, 2.45) is 20.5 Å². The van der Waals surface area contributed by atoms with Crippen molar-refractivity contribution in [2.75, 3.05) is 99.0 Å². The Morgan fingerprint density at radius 3 is 1.31 bits per heavy atom. The van der Waals surface area contributed by atoms with Gasteiger partial charge in [-0.25, -0.2) is 0 Å². The van der Waals surface area contributed by atoms with Crippen molar-refractivity contribution in [3.8, 4) is 0 Å². The highest BCUT2D eigenvalue weighted by Gasteiger charge is 2.26. The Morgan fingerprint density at radius 2 is 0.947 bits per heavy atom. The maximum atomic E-state index is 13.8. The van der Waals surface area contributed by atoms with Gasteiger partial charge in [-0.15, -0.1) is 20.5 Å². The fourth-order valence-corrected chi connectivity index (χ4v) is 13.8. The van der Waals surface area contributed by atoms with Crippen LogP contribution in [-0.4, -0.2) is 132 Å². The highest BCUT2D eigenvalue weighted by atomic mass is 32.2. The van der Waals surface area contributed by atoms with Gasteiger partial charge in [-0.05, 0) is 171 Å². The summed E-state index contributed by atoms with van der Waals surface area (Å²) in [5.74, 6) is -0.722. The van der Waals surface area contributed by atoms with Gasteiger partial charge in [0.25, 0.3) is 32.1 Å². The molecule has 2 aliphatic rings. The van der Waals surface area contributed by atoms with E-state index in [1.807, 2.05) is 43.3 Å². The van der Waals surface area contributed by atoms with Gasteiger partial charge in [0.15, 0.2) is 16.7 Å². The second-order valence-corrected chi connectivity index (χ2v) is 27.8. The number of rotatable bonds is 28. The molecule has 0 atom stereocenters. The fraction of sp³-hybridized carbons (Fsp3) is 0.349. The number of nitrogens with zero attached hydrogens (tertiary/aromatic N) is 13. The number of carbonyl (C=O) groups is 4. The largest absolute Gasteiger partial charge is 0.372 e. The number of thiazole rings is 2. The molecule has 3 aromatic heterocycles. The third kappa shape index (κ3) is 18.5. The second kappa shape index (κ2) is 32.0. The molecule has 2 saturated heterocycles. The van der Waals surface area contributed by atoms with Gasteiger partial charge >= 0.3 is 0 Å². The molecule has 2 fully saturated rings. The van der Waals surface area contributed by atoms with Crippen LogP contribution in [0.25, 0.3) is 12.2 Å². The zero-order chi connectivity index (χ0) is 68.0. The lowest BCUT2D eigenvalue weighted by molar-refractivity contribution is -0.120. The minimum Gasteiger partial charge on any atom is -0.372 e. The van der Waals surface area contributed by atoms with Crippen LogP contribution in [-0.2, 0) is 39.4 Å². The summed E-state index contributed by atoms with van der Waals surface area (Å²) in [6.45, 7) is 18.2. The molecule has 2 aliphatic heterocycles. The van der Waals surface area contributed by atoms with Gasteiger partial charge < -0.3 is 40.9 Å². The maximum absolute atomic E-state index is 13.8. The molecule has 6 N–H and O–H groups in total. The summed E-state index contributed by atoms with van der Waals surface area (Å²) >= 11 is 3.66. The first-order valence-electron chi connectivity index (χ1n) is 30.8. The van der Waals surface area contributed by atoms with Gasteiger partial charge in [0.1, 0.15) is 23.0 Å². The van der Waals surface area contributed by atoms with Gasteiger partial charge in [-0.3, -0.25) is 28.3 Å². The number of Topliss-reactive ketones (excluding diaryl/α,β-unsaturated/α-hetero) is 2. The standard InChI is InChI=1S/C63H73N17O10S5/c1-8-77(9-2)43-25-27-49(73-75-62-68-55(79-29-15-13-16-30-79)53(92-62)37-47(39(6)81)57(83)64-41-21-19-23-45(33-41)94(85,86)87)51(35-43)66-59-70-60(72-61(71-59)91-12-5)67-52-36-44(78(10-3)11-4)26-28-50(52)74-76-63-69-56(80-31-17-14-18-32-80)54(93-63)38-48(40(7)82)58(84)65-42-22-20-24-46(34-42)95(88,89)90/h19-28,33-38H,8-18,29-32H2,1-7H3,(H,64,83)(H,65,84)(H,85,86,87)(H,88,89,90)(H2,66,67,70,71,72)/b47-37-,48-38+,75-73?,76-74?. The van der Waals surface area contributed by atoms with Crippen LogP contribution in [0.1, 0.15) is 96.7 Å². The Hall–Kier alpha value is -8.92. The first-order valence-corrected chi connectivity index (χ1v) is 36.3. The predicted molar refractivity (Wildman–Crippen MR) is 375 cm³/mol. The Balaban J connectivity index is 1.05. The molecule has 0 saturated carbocycles. The van der Waals surface area contributed by atoms with E-state index in [0.29, 0.717) is 107 Å². The molecule has 95 heavy (non-hydrogen) atoms. The van der Waals surface area contributed by atoms with Crippen molar-refractivity contribution in [3.05, 3.63) is 106 Å². The van der Waals surface area contributed by atoms with E-state index in [4.69, 9.17) is 35.1 Å². The summed E-state index contributed by atoms with van der Waals surface area (Å²) in [6, 6.07) is 21.5. The maximum Gasteiger partial charge on any atom is 0.294 e. The molecule has 7 aromatic rings. The molecule has 2 amide bonds. The van der Waals surface area contributed by atoms with Crippen molar-refractivity contribution in [3.63, 3.8) is 0 Å². The molecule has 0 radical (unpaired) electrons. The first kappa shape index (κ1) is 70.4. The number of hydrogen-bond donors (Lipinski definition) is 6. The van der Waals surface area contributed by atoms with Crippen molar-refractivity contribution >= 4 is 169 Å². The van der Waals surface area contributed by atoms with Gasteiger partial charge in [-0.1, -0.05) is 53.5 Å². The van der Waals surface area contributed by atoms with Crippen LogP contribution < -0.4 is 40.9 Å². The van der Waals surface area contributed by atoms with E-state index >= 15 is 0 Å². The number of ketones is 2. The average Bonchev–Trinajstić information content (AvgIpc) is 1.73. The molecular weight excluding hydrogens is 1320 g/mol. The minimum absolute atomic E-state index is 0.0497. The van der Waals surface area contributed by atoms with E-state index in [2.05, 4.69) is 78.8 Å². The van der Waals surface area contributed by atoms with E-state index in [9.17, 15) is 45.1 Å². The summed E-state index contributed by atoms with van der Waals surface area (Å²) < 4.78 is 66.8. The molecule has 0 aliphatic carbocycles. The highest BCUT2D eigenvalue weighted by molar-refractivity contribution is 7.99. The molecular formula is C63H73N17O10S5. The molecule has 5 heterocycles. The van der Waals surface area contributed by atoms with Crippen LogP contribution >= 0.6 is 34.4 Å². The SMILES string of the molecule is CCSc1nc(Nc2cc(N(CC)CC)ccc2N=Nc2nc(N3CCCCC3)c(/C=C(/C(C)=O)C(=O)Nc3cccc(S(=O)(=O)O)c3)s2)nc(Nc2cc(N(CC)CC)ccc2N=Nc2nc(N3CCCCC3)c(/C=C(\C(C)=O)C(=O)Nc3cccc(S(=O)(=O)O)c3)s2)n1. The monoisotopic (exact) mass is 1390 g/mol. The highest BCUT2D eigenvalue weighted by Crippen LogP contribution is 2.41. The van der Waals surface area contributed by atoms with Crippen LogP contribution in [0, 0.1) is 0 Å². The van der Waals surface area contributed by atoms with Crippen molar-refractivity contribution in [2.45, 2.75) is 102 Å². The molecule has 27 nitrogen and oxygen atoms in total. The van der Waals surface area contributed by atoms with E-state index in [-0.39, 0.29) is 44.7 Å². The topological polar surface area (TPSA) is 352 Å². The van der Waals surface area contributed by atoms with E-state index in [1.54, 1.807) is 0 Å². The van der Waals surface area contributed by atoms with Crippen LogP contribution in [0.4, 0.5) is 79.3 Å². The summed E-state index contributed by atoms with van der Waals surface area (Å²) in [6.07, 6.45) is 8.54. The lowest BCUT2D eigenvalue weighted by Crippen LogP contribution is -2.30. The van der Waals surface area contributed by atoms with Crippen molar-refractivity contribution in [1.29, 1.82) is 0 Å². The number of carbonyl (C=O) groups excluding carboxylic acids is 4. The lowest BCUT2D eigenvalue weighted by Gasteiger charge is -2.27. The first-order chi connectivity index (χ1) is 45.5. The van der Waals surface area contributed by atoms with Gasteiger partial charge in [0, 0.05) is 75.1 Å². The zero-order valence-corrected chi connectivity index (χ0v) is 57.4. The molecule has 4 aromatic carbocycles. The summed E-state index contributed by atoms with van der Waals surface area (Å²) in [7, 11) is -9.15. The minimum atomic E-state index is -4.58. The second-order valence-electron chi connectivity index (χ2n) is 21.7. The van der Waals surface area contributed by atoms with Crippen LogP contribution in [0.15, 0.2) is 131 Å². The number of hydrogen-bond acceptors (Lipinski definition) is 26. The predicted octanol–water partition coefficient (Wildman–Crippen LogP) is 13.6. The smallest absolute Gasteiger partial charge is 0.294 e. The van der Waals surface area contributed by atoms with Gasteiger partial charge in [0.2, 0.25) is 22.2 Å². The number of benzene rings is 4. The molecule has 9 rings (SSSR count). The molecule has 0 bridgehead atoms. The molecule has 0 unspecified atom stereocenters. The number of amides is 2. The normalized spacial score (nSPS) is 14.1. The number of anilines is 10. The third-order valence-electron chi connectivity index (χ3n) is 15.2. The van der Waals surface area contributed by atoms with Crippen molar-refractivity contribution in [1.82, 2.24) is 24.9 Å². The quantitative estimate of drug-likeness (QED) is 0.00662.